The van der Waals surface area contributed by atoms with E-state index in [1.165, 1.54) is 12.1 Å². The van der Waals surface area contributed by atoms with Gasteiger partial charge in [0.05, 0.1) is 17.1 Å². The molecular formula is C14H20O5S. The second-order valence-electron chi connectivity index (χ2n) is 5.02. The molecule has 6 heteroatoms. The van der Waals surface area contributed by atoms with Gasteiger partial charge in [-0.05, 0) is 30.5 Å². The Labute approximate surface area is 119 Å². The Bertz CT molecular complexity index is 548. The van der Waals surface area contributed by atoms with Crippen LogP contribution in [0, 0.1) is 5.92 Å². The van der Waals surface area contributed by atoms with Crippen LogP contribution in [0.2, 0.25) is 0 Å². The maximum atomic E-state index is 11.7. The van der Waals surface area contributed by atoms with Crippen molar-refractivity contribution in [3.63, 3.8) is 0 Å². The highest BCUT2D eigenvalue weighted by Gasteiger charge is 2.12. The molecule has 1 aromatic rings. The van der Waals surface area contributed by atoms with E-state index in [9.17, 15) is 13.2 Å². The monoisotopic (exact) mass is 300 g/mol. The van der Waals surface area contributed by atoms with Crippen LogP contribution < -0.4 is 4.74 Å². The smallest absolute Gasteiger partial charge is 0.335 e. The lowest BCUT2D eigenvalue weighted by Gasteiger charge is -2.09. The van der Waals surface area contributed by atoms with Crippen LogP contribution in [0.5, 0.6) is 5.75 Å². The predicted octanol–water partition coefficient (Wildman–Crippen LogP) is 2.22. The van der Waals surface area contributed by atoms with Crippen molar-refractivity contribution in [3.05, 3.63) is 29.8 Å². The number of benzene rings is 1. The van der Waals surface area contributed by atoms with E-state index in [0.717, 1.165) is 0 Å². The van der Waals surface area contributed by atoms with E-state index in [0.29, 0.717) is 18.1 Å². The van der Waals surface area contributed by atoms with E-state index in [-0.39, 0.29) is 23.7 Å². The van der Waals surface area contributed by atoms with Crippen LogP contribution in [0.4, 0.5) is 0 Å². The van der Waals surface area contributed by atoms with Gasteiger partial charge in [0.15, 0.2) is 9.84 Å². The lowest BCUT2D eigenvalue weighted by Crippen LogP contribution is -2.18. The van der Waals surface area contributed by atoms with Crippen molar-refractivity contribution in [1.82, 2.24) is 0 Å². The summed E-state index contributed by atoms with van der Waals surface area (Å²) < 4.78 is 28.7. The SMILES string of the molecule is CC(C)CCS(=O)(=O)CCOc1cccc(C(=O)O)c1. The zero-order valence-electron chi connectivity index (χ0n) is 11.7. The standard InChI is InChI=1S/C14H20O5S/c1-11(2)6-8-20(17,18)9-7-19-13-5-3-4-12(10-13)14(15)16/h3-5,10-11H,6-9H2,1-2H3,(H,15,16). The highest BCUT2D eigenvalue weighted by molar-refractivity contribution is 7.91. The third-order valence-electron chi connectivity index (χ3n) is 2.75. The summed E-state index contributed by atoms with van der Waals surface area (Å²) in [4.78, 5) is 10.8. The summed E-state index contributed by atoms with van der Waals surface area (Å²) in [7, 11) is -3.11. The zero-order valence-corrected chi connectivity index (χ0v) is 12.5. The predicted molar refractivity (Wildman–Crippen MR) is 77.0 cm³/mol. The number of hydrogen-bond acceptors (Lipinski definition) is 4. The molecule has 20 heavy (non-hydrogen) atoms. The number of sulfone groups is 1. The molecule has 0 saturated carbocycles. The van der Waals surface area contributed by atoms with E-state index in [1.54, 1.807) is 12.1 Å². The summed E-state index contributed by atoms with van der Waals surface area (Å²) in [6.07, 6.45) is 0.636. The highest BCUT2D eigenvalue weighted by atomic mass is 32.2. The third kappa shape index (κ3) is 6.06. The van der Waals surface area contributed by atoms with Gasteiger partial charge in [-0.25, -0.2) is 13.2 Å². The first kappa shape index (κ1) is 16.5. The Morgan fingerprint density at radius 2 is 2.00 bits per heavy atom. The molecule has 0 amide bonds. The average molecular weight is 300 g/mol. The molecule has 1 aromatic carbocycles. The Morgan fingerprint density at radius 1 is 1.30 bits per heavy atom. The normalized spacial score (nSPS) is 11.6. The summed E-state index contributed by atoms with van der Waals surface area (Å²) in [6.45, 7) is 3.98. The Kier molecular flexibility index (Phi) is 6.01. The summed E-state index contributed by atoms with van der Waals surface area (Å²) >= 11 is 0. The molecule has 0 radical (unpaired) electrons. The third-order valence-corrected chi connectivity index (χ3v) is 4.40. The molecule has 0 atom stereocenters. The van der Waals surface area contributed by atoms with Crippen molar-refractivity contribution in [2.45, 2.75) is 20.3 Å². The van der Waals surface area contributed by atoms with Gasteiger partial charge in [-0.3, -0.25) is 0 Å². The van der Waals surface area contributed by atoms with Gasteiger partial charge in [-0.1, -0.05) is 19.9 Å². The molecule has 0 spiro atoms. The molecule has 0 bridgehead atoms. The Hall–Kier alpha value is -1.56. The zero-order chi connectivity index (χ0) is 15.2. The number of carbonyl (C=O) groups is 1. The van der Waals surface area contributed by atoms with Gasteiger partial charge < -0.3 is 9.84 Å². The van der Waals surface area contributed by atoms with Crippen LogP contribution in [0.25, 0.3) is 0 Å². The average Bonchev–Trinajstić information content (AvgIpc) is 2.37. The molecule has 0 unspecified atom stereocenters. The molecule has 0 aliphatic rings. The van der Waals surface area contributed by atoms with E-state index in [4.69, 9.17) is 9.84 Å². The minimum Gasteiger partial charge on any atom is -0.493 e. The first-order valence-corrected chi connectivity index (χ1v) is 8.29. The van der Waals surface area contributed by atoms with Crippen molar-refractivity contribution in [2.24, 2.45) is 5.92 Å². The molecule has 5 nitrogen and oxygen atoms in total. The molecule has 1 rings (SSSR count). The fraction of sp³-hybridized carbons (Fsp3) is 0.500. The Morgan fingerprint density at radius 3 is 2.60 bits per heavy atom. The second-order valence-corrected chi connectivity index (χ2v) is 7.32. The lowest BCUT2D eigenvalue weighted by molar-refractivity contribution is 0.0696. The summed E-state index contributed by atoms with van der Waals surface area (Å²) in [5.41, 5.74) is 0.116. The minimum absolute atomic E-state index is 0.0313. The molecule has 0 aliphatic carbocycles. The molecule has 112 valence electrons. The number of carboxylic acid groups (broad SMARTS) is 1. The van der Waals surface area contributed by atoms with Crippen LogP contribution in [-0.2, 0) is 9.84 Å². The van der Waals surface area contributed by atoms with E-state index < -0.39 is 15.8 Å². The topological polar surface area (TPSA) is 80.7 Å². The molecule has 0 aromatic heterocycles. The van der Waals surface area contributed by atoms with Crippen LogP contribution >= 0.6 is 0 Å². The number of hydrogen-bond donors (Lipinski definition) is 1. The maximum Gasteiger partial charge on any atom is 0.335 e. The summed E-state index contributed by atoms with van der Waals surface area (Å²) in [5, 5.41) is 8.83. The fourth-order valence-corrected chi connectivity index (χ4v) is 2.89. The van der Waals surface area contributed by atoms with Crippen molar-refractivity contribution >= 4 is 15.8 Å². The first-order valence-electron chi connectivity index (χ1n) is 6.47. The van der Waals surface area contributed by atoms with Gasteiger partial charge in [0.25, 0.3) is 0 Å². The fourth-order valence-electron chi connectivity index (χ4n) is 1.52. The maximum absolute atomic E-state index is 11.7. The number of ether oxygens (including phenoxy) is 1. The van der Waals surface area contributed by atoms with Crippen molar-refractivity contribution in [2.75, 3.05) is 18.1 Å². The molecule has 1 N–H and O–H groups in total. The molecule has 0 fully saturated rings. The largest absolute Gasteiger partial charge is 0.493 e. The van der Waals surface area contributed by atoms with Gasteiger partial charge in [0.1, 0.15) is 12.4 Å². The van der Waals surface area contributed by atoms with E-state index >= 15 is 0 Å². The van der Waals surface area contributed by atoms with Gasteiger partial charge in [-0.15, -0.1) is 0 Å². The van der Waals surface area contributed by atoms with Gasteiger partial charge in [0, 0.05) is 0 Å². The Balaban J connectivity index is 2.48. The minimum atomic E-state index is -3.11. The van der Waals surface area contributed by atoms with Gasteiger partial charge in [0.2, 0.25) is 0 Å². The van der Waals surface area contributed by atoms with Crippen molar-refractivity contribution < 1.29 is 23.1 Å². The quantitative estimate of drug-likeness (QED) is 0.796. The van der Waals surface area contributed by atoms with Crippen molar-refractivity contribution in [3.8, 4) is 5.75 Å². The summed E-state index contributed by atoms with van der Waals surface area (Å²) in [5.74, 6) is -0.234. The molecular weight excluding hydrogens is 280 g/mol. The van der Waals surface area contributed by atoms with E-state index in [2.05, 4.69) is 0 Å². The van der Waals surface area contributed by atoms with Crippen LogP contribution in [0.15, 0.2) is 24.3 Å². The first-order chi connectivity index (χ1) is 9.30. The highest BCUT2D eigenvalue weighted by Crippen LogP contribution is 2.13. The number of aromatic carboxylic acids is 1. The summed E-state index contributed by atoms with van der Waals surface area (Å²) in [6, 6.07) is 6.00. The number of rotatable bonds is 8. The van der Waals surface area contributed by atoms with Gasteiger partial charge in [-0.2, -0.15) is 0 Å². The number of carboxylic acids is 1. The molecule has 0 aliphatic heterocycles. The molecule has 0 heterocycles. The second kappa shape index (κ2) is 7.28. The lowest BCUT2D eigenvalue weighted by atomic mass is 10.2. The van der Waals surface area contributed by atoms with Crippen LogP contribution in [0.1, 0.15) is 30.6 Å². The van der Waals surface area contributed by atoms with E-state index in [1.807, 2.05) is 13.8 Å². The van der Waals surface area contributed by atoms with Crippen LogP contribution in [-0.4, -0.2) is 37.6 Å². The molecule has 0 saturated heterocycles. The van der Waals surface area contributed by atoms with Crippen molar-refractivity contribution in [1.29, 1.82) is 0 Å². The van der Waals surface area contributed by atoms with Crippen LogP contribution in [0.3, 0.4) is 0 Å². The van der Waals surface area contributed by atoms with Gasteiger partial charge >= 0.3 is 5.97 Å².